The first kappa shape index (κ1) is 27.5. The summed E-state index contributed by atoms with van der Waals surface area (Å²) >= 11 is 0. The third-order valence-corrected chi connectivity index (χ3v) is 9.79. The summed E-state index contributed by atoms with van der Waals surface area (Å²) in [6, 6.07) is 62.6. The Morgan fingerprint density at radius 1 is 0.388 bits per heavy atom. The summed E-state index contributed by atoms with van der Waals surface area (Å²) in [5.74, 6) is 0. The van der Waals surface area contributed by atoms with Gasteiger partial charge < -0.3 is 14.3 Å². The number of nitrogens with one attached hydrogen (secondary N) is 1. The minimum Gasteiger partial charge on any atom is -0.456 e. The molecule has 0 aliphatic carbocycles. The Labute approximate surface area is 283 Å². The van der Waals surface area contributed by atoms with Crippen LogP contribution in [0.15, 0.2) is 180 Å². The number of hydrogen-bond acceptors (Lipinski definition) is 2. The lowest BCUT2D eigenvalue weighted by Gasteiger charge is -2.12. The molecule has 3 heteroatoms. The largest absolute Gasteiger partial charge is 0.456 e. The first-order chi connectivity index (χ1) is 24.3. The summed E-state index contributed by atoms with van der Waals surface area (Å²) in [5, 5.41) is 10.9. The zero-order chi connectivity index (χ0) is 32.3. The molecule has 0 unspecified atom stereocenters. The van der Waals surface area contributed by atoms with Crippen LogP contribution in [0, 0.1) is 0 Å². The topological polar surface area (TPSA) is 30.1 Å². The Morgan fingerprint density at radius 2 is 0.959 bits per heavy atom. The van der Waals surface area contributed by atoms with Gasteiger partial charge in [0.05, 0.1) is 16.7 Å². The quantitative estimate of drug-likeness (QED) is 0.206. The van der Waals surface area contributed by atoms with Crippen LogP contribution in [0.3, 0.4) is 0 Å². The van der Waals surface area contributed by atoms with Gasteiger partial charge in [0.25, 0.3) is 0 Å². The van der Waals surface area contributed by atoms with Gasteiger partial charge in [0, 0.05) is 44.4 Å². The summed E-state index contributed by atoms with van der Waals surface area (Å²) in [7, 11) is 0. The van der Waals surface area contributed by atoms with Crippen LogP contribution in [-0.4, -0.2) is 4.57 Å². The van der Waals surface area contributed by atoms with E-state index in [1.54, 1.807) is 0 Å². The molecule has 0 aliphatic heterocycles. The Morgan fingerprint density at radius 3 is 1.73 bits per heavy atom. The summed E-state index contributed by atoms with van der Waals surface area (Å²) in [4.78, 5) is 0. The molecule has 0 bridgehead atoms. The summed E-state index contributed by atoms with van der Waals surface area (Å²) in [5.41, 5.74) is 12.2. The summed E-state index contributed by atoms with van der Waals surface area (Å²) < 4.78 is 8.63. The zero-order valence-corrected chi connectivity index (χ0v) is 26.6. The third-order valence-electron chi connectivity index (χ3n) is 9.79. The van der Waals surface area contributed by atoms with Gasteiger partial charge in [-0.2, -0.15) is 0 Å². The highest BCUT2D eigenvalue weighted by Crippen LogP contribution is 2.40. The molecule has 0 saturated carbocycles. The van der Waals surface area contributed by atoms with Gasteiger partial charge in [-0.1, -0.05) is 121 Å². The summed E-state index contributed by atoms with van der Waals surface area (Å²) in [6.07, 6.45) is 0. The highest BCUT2D eigenvalue weighted by atomic mass is 16.3. The average molecular weight is 627 g/mol. The molecule has 0 fully saturated rings. The van der Waals surface area contributed by atoms with Crippen LogP contribution < -0.4 is 5.32 Å². The van der Waals surface area contributed by atoms with Crippen molar-refractivity contribution in [1.82, 2.24) is 4.57 Å². The lowest BCUT2D eigenvalue weighted by molar-refractivity contribution is 0.669. The molecule has 2 heterocycles. The molecule has 0 radical (unpaired) electrons. The number of nitrogens with zero attached hydrogens (tertiary/aromatic N) is 1. The standard InChI is InChI=1S/C46H30N2O/c1-2-10-35(11-3-1)48-42-16-8-6-13-37(42)40-28-33(24-27-43(40)48)32-20-18-30(19-21-32)31-22-25-34(26-23-31)47-41-29-45-46(38-14-5-4-12-36(38)41)39-15-7-9-17-44(39)49-45/h1-29,47H. The van der Waals surface area contributed by atoms with Gasteiger partial charge in [-0.05, 0) is 76.2 Å². The molecular formula is C46H30N2O. The van der Waals surface area contributed by atoms with Gasteiger partial charge in [-0.3, -0.25) is 0 Å². The summed E-state index contributed by atoms with van der Waals surface area (Å²) in [6.45, 7) is 0. The van der Waals surface area contributed by atoms with Crippen LogP contribution in [0.25, 0.3) is 82.5 Å². The molecule has 49 heavy (non-hydrogen) atoms. The van der Waals surface area contributed by atoms with E-state index in [9.17, 15) is 0 Å². The van der Waals surface area contributed by atoms with E-state index >= 15 is 0 Å². The molecule has 0 amide bonds. The van der Waals surface area contributed by atoms with Gasteiger partial charge in [-0.25, -0.2) is 0 Å². The lowest BCUT2D eigenvalue weighted by atomic mass is 9.99. The number of fused-ring (bicyclic) bond motifs is 8. The van der Waals surface area contributed by atoms with E-state index in [2.05, 4.69) is 174 Å². The van der Waals surface area contributed by atoms with Crippen molar-refractivity contribution in [3.63, 3.8) is 0 Å². The molecule has 0 spiro atoms. The van der Waals surface area contributed by atoms with Crippen molar-refractivity contribution in [2.45, 2.75) is 0 Å². The van der Waals surface area contributed by atoms with E-state index < -0.39 is 0 Å². The molecule has 8 aromatic carbocycles. The van der Waals surface area contributed by atoms with Crippen molar-refractivity contribution in [2.75, 3.05) is 5.32 Å². The maximum Gasteiger partial charge on any atom is 0.138 e. The second-order valence-corrected chi connectivity index (χ2v) is 12.6. The van der Waals surface area contributed by atoms with Gasteiger partial charge in [0.2, 0.25) is 0 Å². The Bertz CT molecular complexity index is 2820. The number of furan rings is 1. The van der Waals surface area contributed by atoms with Crippen molar-refractivity contribution in [3.05, 3.63) is 176 Å². The van der Waals surface area contributed by atoms with Crippen LogP contribution in [0.2, 0.25) is 0 Å². The molecule has 2 aromatic heterocycles. The number of para-hydroxylation sites is 3. The molecule has 0 saturated heterocycles. The van der Waals surface area contributed by atoms with Gasteiger partial charge in [0.15, 0.2) is 0 Å². The highest BCUT2D eigenvalue weighted by Gasteiger charge is 2.15. The second kappa shape index (κ2) is 11.0. The first-order valence-corrected chi connectivity index (χ1v) is 16.7. The Balaban J connectivity index is 0.951. The van der Waals surface area contributed by atoms with Crippen molar-refractivity contribution < 1.29 is 4.42 Å². The van der Waals surface area contributed by atoms with E-state index in [0.717, 1.165) is 33.3 Å². The van der Waals surface area contributed by atoms with Crippen molar-refractivity contribution in [1.29, 1.82) is 0 Å². The molecular weight excluding hydrogens is 597 g/mol. The fourth-order valence-corrected chi connectivity index (χ4v) is 7.46. The van der Waals surface area contributed by atoms with Crippen LogP contribution in [0.5, 0.6) is 0 Å². The van der Waals surface area contributed by atoms with Crippen LogP contribution in [-0.2, 0) is 0 Å². The van der Waals surface area contributed by atoms with E-state index in [1.807, 2.05) is 12.1 Å². The molecule has 0 atom stereocenters. The van der Waals surface area contributed by atoms with Gasteiger partial charge in [0.1, 0.15) is 11.2 Å². The van der Waals surface area contributed by atoms with Crippen molar-refractivity contribution >= 4 is 65.9 Å². The molecule has 1 N–H and O–H groups in total. The number of anilines is 2. The van der Waals surface area contributed by atoms with E-state index in [4.69, 9.17) is 4.42 Å². The van der Waals surface area contributed by atoms with Crippen LogP contribution >= 0.6 is 0 Å². The predicted octanol–water partition coefficient (Wildman–Crippen LogP) is 12.9. The minimum absolute atomic E-state index is 0.889. The molecule has 10 aromatic rings. The van der Waals surface area contributed by atoms with Crippen LogP contribution in [0.4, 0.5) is 11.4 Å². The van der Waals surface area contributed by atoms with E-state index in [1.165, 1.54) is 60.5 Å². The number of hydrogen-bond donors (Lipinski definition) is 1. The second-order valence-electron chi connectivity index (χ2n) is 12.6. The first-order valence-electron chi connectivity index (χ1n) is 16.7. The number of rotatable bonds is 5. The third kappa shape index (κ3) is 4.51. The normalized spacial score (nSPS) is 11.7. The predicted molar refractivity (Wildman–Crippen MR) is 206 cm³/mol. The van der Waals surface area contributed by atoms with Gasteiger partial charge >= 0.3 is 0 Å². The number of benzene rings is 8. The van der Waals surface area contributed by atoms with Crippen LogP contribution in [0.1, 0.15) is 0 Å². The fourth-order valence-electron chi connectivity index (χ4n) is 7.46. The minimum atomic E-state index is 0.889. The smallest absolute Gasteiger partial charge is 0.138 e. The number of aromatic nitrogens is 1. The maximum absolute atomic E-state index is 6.28. The van der Waals surface area contributed by atoms with Crippen molar-refractivity contribution in [2.24, 2.45) is 0 Å². The zero-order valence-electron chi connectivity index (χ0n) is 26.6. The lowest BCUT2D eigenvalue weighted by Crippen LogP contribution is -1.92. The molecule has 230 valence electrons. The maximum atomic E-state index is 6.28. The highest BCUT2D eigenvalue weighted by molar-refractivity contribution is 6.22. The van der Waals surface area contributed by atoms with E-state index in [-0.39, 0.29) is 0 Å². The fraction of sp³-hybridized carbons (Fsp3) is 0. The molecule has 3 nitrogen and oxygen atoms in total. The van der Waals surface area contributed by atoms with E-state index in [0.29, 0.717) is 0 Å². The monoisotopic (exact) mass is 626 g/mol. The van der Waals surface area contributed by atoms with Crippen molar-refractivity contribution in [3.8, 4) is 27.9 Å². The van der Waals surface area contributed by atoms with Gasteiger partial charge in [-0.15, -0.1) is 0 Å². The Kier molecular flexibility index (Phi) is 6.18. The Hall–Kier alpha value is -6.58. The average Bonchev–Trinajstić information content (AvgIpc) is 3.71. The molecule has 10 rings (SSSR count). The molecule has 0 aliphatic rings. The SMILES string of the molecule is c1ccc(-n2c3ccccc3c3cc(-c4ccc(-c5ccc(Nc6cc7oc8ccccc8c7c7ccccc67)cc5)cc4)ccc32)cc1.